The maximum atomic E-state index is 12.8. The Bertz CT molecular complexity index is 706. The van der Waals surface area contributed by atoms with E-state index in [0.29, 0.717) is 5.76 Å². The first-order valence-electron chi connectivity index (χ1n) is 7.03. The van der Waals surface area contributed by atoms with E-state index in [4.69, 9.17) is 4.42 Å². The summed E-state index contributed by atoms with van der Waals surface area (Å²) in [6, 6.07) is 11.4. The molecule has 1 N–H and O–H groups in total. The number of hydrogen-bond donors (Lipinski definition) is 1. The monoisotopic (exact) mass is 321 g/mol. The number of nitrogens with one attached hydrogen (secondary N) is 1. The number of amides is 1. The normalized spacial score (nSPS) is 13.0. The van der Waals surface area contributed by atoms with Gasteiger partial charge >= 0.3 is 0 Å². The Hall–Kier alpha value is -2.08. The minimum atomic E-state index is -3.65. The van der Waals surface area contributed by atoms with Crippen LogP contribution in [0, 0.1) is 5.92 Å². The molecule has 2 aromatic rings. The largest absolute Gasteiger partial charge is 0.468 e. The number of benzene rings is 1. The molecule has 1 heterocycles. The minimum absolute atomic E-state index is 0.0260. The molecule has 1 amide bonds. The fraction of sp³-hybridized carbons (Fsp3) is 0.312. The molecule has 2 rings (SSSR count). The minimum Gasteiger partial charge on any atom is -0.468 e. The predicted octanol–water partition coefficient (Wildman–Crippen LogP) is 2.57. The fourth-order valence-electron chi connectivity index (χ4n) is 2.01. The van der Waals surface area contributed by atoms with Crippen molar-refractivity contribution in [1.82, 2.24) is 5.32 Å². The van der Waals surface area contributed by atoms with Crippen molar-refractivity contribution in [3.05, 3.63) is 54.5 Å². The first kappa shape index (κ1) is 16.3. The van der Waals surface area contributed by atoms with Crippen molar-refractivity contribution < 1.29 is 17.6 Å². The predicted molar refractivity (Wildman–Crippen MR) is 82.9 cm³/mol. The van der Waals surface area contributed by atoms with Crippen LogP contribution in [0.1, 0.15) is 24.9 Å². The molecule has 5 nitrogen and oxygen atoms in total. The molecule has 1 unspecified atom stereocenters. The highest BCUT2D eigenvalue weighted by Gasteiger charge is 2.31. The topological polar surface area (TPSA) is 76.4 Å². The van der Waals surface area contributed by atoms with Crippen molar-refractivity contribution in [1.29, 1.82) is 0 Å². The second kappa shape index (κ2) is 6.79. The zero-order valence-corrected chi connectivity index (χ0v) is 13.3. The van der Waals surface area contributed by atoms with Gasteiger partial charge in [0.15, 0.2) is 9.84 Å². The van der Waals surface area contributed by atoms with Gasteiger partial charge in [-0.2, -0.15) is 0 Å². The molecule has 0 bridgehead atoms. The summed E-state index contributed by atoms with van der Waals surface area (Å²) >= 11 is 0. The Morgan fingerprint density at radius 2 is 1.82 bits per heavy atom. The molecule has 0 radical (unpaired) electrons. The molecule has 0 spiro atoms. The summed E-state index contributed by atoms with van der Waals surface area (Å²) < 4.78 is 30.9. The Labute approximate surface area is 130 Å². The summed E-state index contributed by atoms with van der Waals surface area (Å²) in [5, 5.41) is 1.72. The van der Waals surface area contributed by atoms with Crippen LogP contribution in [0.15, 0.2) is 58.0 Å². The Kier molecular flexibility index (Phi) is 5.03. The van der Waals surface area contributed by atoms with Gasteiger partial charge in [0.2, 0.25) is 5.91 Å². The van der Waals surface area contributed by atoms with E-state index in [-0.39, 0.29) is 23.3 Å². The standard InChI is InChI=1S/C16H19NO4S/c1-12(2)16(18)17-11-15(14-9-6-10-21-14)22(19,20)13-7-4-3-5-8-13/h3-10,12,15H,11H2,1-2H3,(H,17,18). The molecule has 118 valence electrons. The summed E-state index contributed by atoms with van der Waals surface area (Å²) in [6.45, 7) is 3.48. The third kappa shape index (κ3) is 3.57. The lowest BCUT2D eigenvalue weighted by Gasteiger charge is -2.17. The summed E-state index contributed by atoms with van der Waals surface area (Å²) in [6.07, 6.45) is 1.42. The zero-order valence-electron chi connectivity index (χ0n) is 12.5. The average Bonchev–Trinajstić information content (AvgIpc) is 3.01. The van der Waals surface area contributed by atoms with Crippen molar-refractivity contribution in [2.45, 2.75) is 24.0 Å². The van der Waals surface area contributed by atoms with Crippen LogP contribution in [0.3, 0.4) is 0 Å². The highest BCUT2D eigenvalue weighted by molar-refractivity contribution is 7.91. The highest BCUT2D eigenvalue weighted by atomic mass is 32.2. The van der Waals surface area contributed by atoms with Crippen LogP contribution < -0.4 is 5.32 Å². The van der Waals surface area contributed by atoms with Crippen molar-refractivity contribution in [3.63, 3.8) is 0 Å². The van der Waals surface area contributed by atoms with Gasteiger partial charge in [0.05, 0.1) is 11.2 Å². The molecular weight excluding hydrogens is 302 g/mol. The number of carbonyl (C=O) groups excluding carboxylic acids is 1. The van der Waals surface area contributed by atoms with Gasteiger partial charge < -0.3 is 9.73 Å². The van der Waals surface area contributed by atoms with Crippen LogP contribution in [-0.2, 0) is 14.6 Å². The lowest BCUT2D eigenvalue weighted by Crippen LogP contribution is -2.34. The van der Waals surface area contributed by atoms with Crippen LogP contribution in [-0.4, -0.2) is 20.9 Å². The van der Waals surface area contributed by atoms with E-state index in [1.165, 1.54) is 18.4 Å². The molecule has 0 aliphatic rings. The quantitative estimate of drug-likeness (QED) is 0.887. The van der Waals surface area contributed by atoms with Gasteiger partial charge in [0.1, 0.15) is 11.0 Å². The molecule has 6 heteroatoms. The van der Waals surface area contributed by atoms with Crippen LogP contribution in [0.4, 0.5) is 0 Å². The molecule has 1 aromatic heterocycles. The fourth-order valence-corrected chi connectivity index (χ4v) is 3.62. The highest BCUT2D eigenvalue weighted by Crippen LogP contribution is 2.28. The zero-order chi connectivity index (χ0) is 16.2. The molecule has 0 aliphatic heterocycles. The van der Waals surface area contributed by atoms with Gasteiger partial charge in [-0.15, -0.1) is 0 Å². The number of sulfone groups is 1. The number of rotatable bonds is 6. The lowest BCUT2D eigenvalue weighted by molar-refractivity contribution is -0.123. The molecule has 1 aromatic carbocycles. The van der Waals surface area contributed by atoms with E-state index in [2.05, 4.69) is 5.32 Å². The molecule has 0 fully saturated rings. The number of hydrogen-bond acceptors (Lipinski definition) is 4. The van der Waals surface area contributed by atoms with Gasteiger partial charge in [-0.1, -0.05) is 32.0 Å². The average molecular weight is 321 g/mol. The van der Waals surface area contributed by atoms with Gasteiger partial charge in [-0.25, -0.2) is 8.42 Å². The second-order valence-electron chi connectivity index (χ2n) is 5.26. The Morgan fingerprint density at radius 3 is 2.36 bits per heavy atom. The van der Waals surface area contributed by atoms with Crippen LogP contribution >= 0.6 is 0 Å². The Balaban J connectivity index is 2.31. The molecule has 22 heavy (non-hydrogen) atoms. The summed E-state index contributed by atoms with van der Waals surface area (Å²) in [4.78, 5) is 11.9. The maximum absolute atomic E-state index is 12.8. The van der Waals surface area contributed by atoms with E-state index in [1.54, 1.807) is 44.2 Å². The van der Waals surface area contributed by atoms with E-state index in [0.717, 1.165) is 0 Å². The Morgan fingerprint density at radius 1 is 1.14 bits per heavy atom. The SMILES string of the molecule is CC(C)C(=O)NCC(c1ccco1)S(=O)(=O)c1ccccc1. The number of furan rings is 1. The summed E-state index contributed by atoms with van der Waals surface area (Å²) in [7, 11) is -3.65. The van der Waals surface area contributed by atoms with E-state index < -0.39 is 15.1 Å². The van der Waals surface area contributed by atoms with Gasteiger partial charge in [0.25, 0.3) is 0 Å². The third-order valence-electron chi connectivity index (χ3n) is 3.29. The van der Waals surface area contributed by atoms with Crippen molar-refractivity contribution in [3.8, 4) is 0 Å². The van der Waals surface area contributed by atoms with E-state index >= 15 is 0 Å². The summed E-state index contributed by atoms with van der Waals surface area (Å²) in [5.41, 5.74) is 0. The van der Waals surface area contributed by atoms with Crippen molar-refractivity contribution in [2.24, 2.45) is 5.92 Å². The maximum Gasteiger partial charge on any atom is 0.222 e. The van der Waals surface area contributed by atoms with Crippen molar-refractivity contribution >= 4 is 15.7 Å². The van der Waals surface area contributed by atoms with Crippen LogP contribution in [0.2, 0.25) is 0 Å². The van der Waals surface area contributed by atoms with Gasteiger partial charge in [-0.3, -0.25) is 4.79 Å². The summed E-state index contributed by atoms with van der Waals surface area (Å²) in [5.74, 6) is -0.0931. The smallest absolute Gasteiger partial charge is 0.222 e. The molecule has 0 saturated carbocycles. The molecule has 0 saturated heterocycles. The first-order chi connectivity index (χ1) is 10.4. The molecule has 1 atom stereocenters. The van der Waals surface area contributed by atoms with Gasteiger partial charge in [-0.05, 0) is 24.3 Å². The molecule has 0 aliphatic carbocycles. The third-order valence-corrected chi connectivity index (χ3v) is 5.37. The second-order valence-corrected chi connectivity index (χ2v) is 7.39. The first-order valence-corrected chi connectivity index (χ1v) is 8.57. The molecular formula is C16H19NO4S. The van der Waals surface area contributed by atoms with Crippen LogP contribution in [0.25, 0.3) is 0 Å². The van der Waals surface area contributed by atoms with Crippen molar-refractivity contribution in [2.75, 3.05) is 6.54 Å². The van der Waals surface area contributed by atoms with E-state index in [9.17, 15) is 13.2 Å². The van der Waals surface area contributed by atoms with E-state index in [1.807, 2.05) is 0 Å². The van der Waals surface area contributed by atoms with Gasteiger partial charge in [0, 0.05) is 12.5 Å². The van der Waals surface area contributed by atoms with Crippen LogP contribution in [0.5, 0.6) is 0 Å². The lowest BCUT2D eigenvalue weighted by atomic mass is 10.2. The number of carbonyl (C=O) groups is 1.